The van der Waals surface area contributed by atoms with Gasteiger partial charge >= 0.3 is 0 Å². The summed E-state index contributed by atoms with van der Waals surface area (Å²) >= 11 is 6.81. The van der Waals surface area contributed by atoms with Crippen LogP contribution in [0.4, 0.5) is 0 Å². The lowest BCUT2D eigenvalue weighted by Gasteiger charge is -2.26. The zero-order valence-electron chi connectivity index (χ0n) is 21.7. The van der Waals surface area contributed by atoms with Gasteiger partial charge in [-0.2, -0.15) is 9.40 Å². The van der Waals surface area contributed by atoms with Crippen LogP contribution < -0.4 is 0 Å². The average Bonchev–Trinajstić information content (AvgIpc) is 3.50. The first-order valence-electron chi connectivity index (χ1n) is 13.0. The number of aromatic nitrogens is 2. The Morgan fingerprint density at radius 1 is 1.05 bits per heavy atom. The summed E-state index contributed by atoms with van der Waals surface area (Å²) in [5, 5.41) is 4.83. The summed E-state index contributed by atoms with van der Waals surface area (Å²) in [4.78, 5) is 15.6. The molecule has 0 bridgehead atoms. The number of thioether (sulfide) groups is 1. The number of ether oxygens (including phenoxy) is 1. The Hall–Kier alpha value is -2.83. The standard InChI is InChI=1S/C28H30N4O4S3/c1-2-3-7-14-31-27(33)25(38-28(31)37)19-22-20-32(23-8-5-4-6-9-23)29-26(22)21-10-12-24(13-11-21)39(34,35)30-15-17-36-18-16-30/h4-6,8-13,19-20H,2-3,7,14-18H2,1H3. The van der Waals surface area contributed by atoms with Gasteiger partial charge in [0.25, 0.3) is 5.91 Å². The normalized spacial score (nSPS) is 17.9. The van der Waals surface area contributed by atoms with Crippen LogP contribution in [0.25, 0.3) is 23.0 Å². The Labute approximate surface area is 238 Å². The first-order valence-corrected chi connectivity index (χ1v) is 15.6. The van der Waals surface area contributed by atoms with Crippen LogP contribution in [0.5, 0.6) is 0 Å². The molecule has 2 fully saturated rings. The van der Waals surface area contributed by atoms with Crippen molar-refractivity contribution in [3.05, 3.63) is 71.3 Å². The predicted molar refractivity (Wildman–Crippen MR) is 158 cm³/mol. The number of hydrogen-bond donors (Lipinski definition) is 0. The Kier molecular flexibility index (Phi) is 8.63. The second-order valence-electron chi connectivity index (χ2n) is 9.29. The molecule has 8 nitrogen and oxygen atoms in total. The Morgan fingerprint density at radius 2 is 1.77 bits per heavy atom. The summed E-state index contributed by atoms with van der Waals surface area (Å²) in [5.41, 5.74) is 3.01. The maximum Gasteiger partial charge on any atom is 0.266 e. The zero-order chi connectivity index (χ0) is 27.4. The van der Waals surface area contributed by atoms with Crippen LogP contribution in [0.15, 0.2) is 70.6 Å². The van der Waals surface area contributed by atoms with E-state index in [0.29, 0.717) is 47.8 Å². The molecule has 2 aliphatic rings. The van der Waals surface area contributed by atoms with E-state index in [2.05, 4.69) is 6.92 Å². The molecule has 0 unspecified atom stereocenters. The number of nitrogens with zero attached hydrogens (tertiary/aromatic N) is 4. The molecule has 204 valence electrons. The zero-order valence-corrected chi connectivity index (χ0v) is 24.1. The molecule has 0 N–H and O–H groups in total. The quantitative estimate of drug-likeness (QED) is 0.201. The van der Waals surface area contributed by atoms with Gasteiger partial charge in [-0.15, -0.1) is 0 Å². The van der Waals surface area contributed by atoms with E-state index in [1.54, 1.807) is 33.8 Å². The van der Waals surface area contributed by atoms with Crippen LogP contribution in [0.1, 0.15) is 31.7 Å². The maximum atomic E-state index is 13.2. The molecule has 0 atom stereocenters. The molecule has 0 radical (unpaired) electrons. The Morgan fingerprint density at radius 3 is 2.46 bits per heavy atom. The molecule has 5 rings (SSSR count). The lowest BCUT2D eigenvalue weighted by molar-refractivity contribution is -0.122. The van der Waals surface area contributed by atoms with Gasteiger partial charge in [-0.3, -0.25) is 9.69 Å². The number of sulfonamides is 1. The second-order valence-corrected chi connectivity index (χ2v) is 12.9. The third-order valence-electron chi connectivity index (χ3n) is 6.64. The number of benzene rings is 2. The van der Waals surface area contributed by atoms with Crippen LogP contribution in [0, 0.1) is 0 Å². The average molecular weight is 583 g/mol. The van der Waals surface area contributed by atoms with Crippen molar-refractivity contribution in [2.24, 2.45) is 0 Å². The highest BCUT2D eigenvalue weighted by atomic mass is 32.2. The fraction of sp³-hybridized carbons (Fsp3) is 0.321. The molecule has 3 heterocycles. The summed E-state index contributed by atoms with van der Waals surface area (Å²) in [6.07, 6.45) is 6.74. The van der Waals surface area contributed by atoms with Crippen LogP contribution in [0.3, 0.4) is 0 Å². The highest BCUT2D eigenvalue weighted by Gasteiger charge is 2.32. The molecule has 1 amide bonds. The second kappa shape index (κ2) is 12.1. The van der Waals surface area contributed by atoms with Crippen LogP contribution >= 0.6 is 24.0 Å². The smallest absolute Gasteiger partial charge is 0.266 e. The van der Waals surface area contributed by atoms with E-state index in [1.165, 1.54) is 16.1 Å². The molecule has 2 aromatic carbocycles. The van der Waals surface area contributed by atoms with Gasteiger partial charge in [0.2, 0.25) is 10.0 Å². The summed E-state index contributed by atoms with van der Waals surface area (Å²) in [6.45, 7) is 4.20. The highest BCUT2D eigenvalue weighted by molar-refractivity contribution is 8.26. The van der Waals surface area contributed by atoms with Gasteiger partial charge in [-0.1, -0.05) is 74.1 Å². The van der Waals surface area contributed by atoms with Crippen molar-refractivity contribution in [2.75, 3.05) is 32.8 Å². The largest absolute Gasteiger partial charge is 0.379 e. The maximum absolute atomic E-state index is 13.2. The number of rotatable bonds is 9. The van der Waals surface area contributed by atoms with E-state index in [1.807, 2.05) is 42.6 Å². The minimum absolute atomic E-state index is 0.0912. The van der Waals surface area contributed by atoms with Crippen molar-refractivity contribution in [1.82, 2.24) is 19.0 Å². The number of hydrogen-bond acceptors (Lipinski definition) is 7. The van der Waals surface area contributed by atoms with E-state index in [0.717, 1.165) is 36.1 Å². The predicted octanol–water partition coefficient (Wildman–Crippen LogP) is 4.95. The van der Waals surface area contributed by atoms with E-state index < -0.39 is 10.0 Å². The monoisotopic (exact) mass is 582 g/mol. The van der Waals surface area contributed by atoms with Gasteiger partial charge in [-0.05, 0) is 36.8 Å². The Bertz CT molecular complexity index is 1480. The fourth-order valence-electron chi connectivity index (χ4n) is 4.50. The number of carbonyl (C=O) groups is 1. The molecular weight excluding hydrogens is 553 g/mol. The Balaban J connectivity index is 1.49. The molecule has 3 aromatic rings. The molecule has 1 aromatic heterocycles. The molecule has 2 saturated heterocycles. The number of morpholine rings is 1. The van der Waals surface area contributed by atoms with Crippen molar-refractivity contribution in [2.45, 2.75) is 31.1 Å². The first kappa shape index (κ1) is 27.7. The number of carbonyl (C=O) groups excluding carboxylic acids is 1. The highest BCUT2D eigenvalue weighted by Crippen LogP contribution is 2.35. The molecule has 11 heteroatoms. The minimum Gasteiger partial charge on any atom is -0.379 e. The van der Waals surface area contributed by atoms with E-state index >= 15 is 0 Å². The number of para-hydroxylation sites is 1. The van der Waals surface area contributed by atoms with Crippen molar-refractivity contribution in [3.8, 4) is 16.9 Å². The van der Waals surface area contributed by atoms with Crippen LogP contribution in [-0.2, 0) is 19.6 Å². The van der Waals surface area contributed by atoms with Crippen molar-refractivity contribution in [1.29, 1.82) is 0 Å². The summed E-state index contributed by atoms with van der Waals surface area (Å²) in [6, 6.07) is 16.4. The van der Waals surface area contributed by atoms with Gasteiger partial charge in [-0.25, -0.2) is 13.1 Å². The van der Waals surface area contributed by atoms with E-state index in [-0.39, 0.29) is 10.8 Å². The number of unbranched alkanes of at least 4 members (excludes halogenated alkanes) is 2. The van der Waals surface area contributed by atoms with Crippen molar-refractivity contribution < 1.29 is 17.9 Å². The van der Waals surface area contributed by atoms with Gasteiger partial charge in [0, 0.05) is 37.0 Å². The summed E-state index contributed by atoms with van der Waals surface area (Å²) in [7, 11) is -3.61. The van der Waals surface area contributed by atoms with E-state index in [9.17, 15) is 13.2 Å². The van der Waals surface area contributed by atoms with Crippen LogP contribution in [0.2, 0.25) is 0 Å². The molecule has 0 aliphatic carbocycles. The third-order valence-corrected chi connectivity index (χ3v) is 9.93. The van der Waals surface area contributed by atoms with Crippen molar-refractivity contribution in [3.63, 3.8) is 0 Å². The fourth-order valence-corrected chi connectivity index (χ4v) is 7.21. The number of thiocarbonyl (C=S) groups is 1. The van der Waals surface area contributed by atoms with Gasteiger partial charge in [0.15, 0.2) is 0 Å². The molecule has 0 spiro atoms. The van der Waals surface area contributed by atoms with Gasteiger partial charge in [0.1, 0.15) is 4.32 Å². The van der Waals surface area contributed by atoms with Gasteiger partial charge < -0.3 is 4.74 Å². The lowest BCUT2D eigenvalue weighted by Crippen LogP contribution is -2.40. The van der Waals surface area contributed by atoms with Crippen LogP contribution in [-0.4, -0.2) is 70.5 Å². The first-order chi connectivity index (χ1) is 18.9. The van der Waals surface area contributed by atoms with Crippen molar-refractivity contribution >= 4 is 50.3 Å². The molecule has 39 heavy (non-hydrogen) atoms. The molecular formula is C28H30N4O4S3. The van der Waals surface area contributed by atoms with E-state index in [4.69, 9.17) is 22.1 Å². The van der Waals surface area contributed by atoms with Gasteiger partial charge in [0.05, 0.1) is 34.4 Å². The number of amides is 1. The minimum atomic E-state index is -3.61. The summed E-state index contributed by atoms with van der Waals surface area (Å²) < 4.78 is 35.3. The summed E-state index contributed by atoms with van der Waals surface area (Å²) in [5.74, 6) is -0.0912. The molecule has 0 saturated carbocycles. The topological polar surface area (TPSA) is 84.7 Å². The molecule has 2 aliphatic heterocycles. The lowest BCUT2D eigenvalue weighted by atomic mass is 10.1. The third kappa shape index (κ3) is 6.02. The SMILES string of the molecule is CCCCCN1C(=O)C(=Cc2cn(-c3ccccc3)nc2-c2ccc(S(=O)(=O)N3CCOCC3)cc2)SC1=S.